The standard InChI is InChI=1S/C10H11NO2/c11-8-5-13-10-4-9-6(1-2-12-9)3-7(8)10/h3-4,8H,1-2,5,11H2/t8-/m1/s1. The first-order valence-electron chi connectivity index (χ1n) is 4.52. The van der Waals surface area contributed by atoms with Gasteiger partial charge in [-0.3, -0.25) is 0 Å². The summed E-state index contributed by atoms with van der Waals surface area (Å²) in [6.07, 6.45) is 0.995. The van der Waals surface area contributed by atoms with Crippen LogP contribution >= 0.6 is 0 Å². The lowest BCUT2D eigenvalue weighted by molar-refractivity contribution is 0.327. The number of fused-ring (bicyclic) bond motifs is 2. The molecule has 0 aromatic heterocycles. The molecule has 3 heteroatoms. The average Bonchev–Trinajstić information content (AvgIpc) is 2.70. The van der Waals surface area contributed by atoms with Gasteiger partial charge in [0.15, 0.2) is 0 Å². The van der Waals surface area contributed by atoms with E-state index in [1.807, 2.05) is 6.07 Å². The number of hydrogen-bond donors (Lipinski definition) is 1. The van der Waals surface area contributed by atoms with Gasteiger partial charge < -0.3 is 15.2 Å². The molecule has 0 aliphatic carbocycles. The van der Waals surface area contributed by atoms with Crippen molar-refractivity contribution in [2.75, 3.05) is 13.2 Å². The van der Waals surface area contributed by atoms with Crippen LogP contribution in [0.3, 0.4) is 0 Å². The third-order valence-corrected chi connectivity index (χ3v) is 2.64. The molecule has 0 unspecified atom stereocenters. The van der Waals surface area contributed by atoms with Crippen LogP contribution in [0.25, 0.3) is 0 Å². The maximum absolute atomic E-state index is 5.87. The van der Waals surface area contributed by atoms with Crippen molar-refractivity contribution >= 4 is 0 Å². The van der Waals surface area contributed by atoms with Gasteiger partial charge >= 0.3 is 0 Å². The van der Waals surface area contributed by atoms with Gasteiger partial charge in [0.1, 0.15) is 18.1 Å². The summed E-state index contributed by atoms with van der Waals surface area (Å²) in [4.78, 5) is 0. The molecule has 68 valence electrons. The summed E-state index contributed by atoms with van der Waals surface area (Å²) in [5.41, 5.74) is 8.27. The SMILES string of the molecule is N[C@@H]1COc2cc3c(cc21)CCO3. The van der Waals surface area contributed by atoms with E-state index in [0.717, 1.165) is 30.1 Å². The van der Waals surface area contributed by atoms with E-state index >= 15 is 0 Å². The van der Waals surface area contributed by atoms with E-state index in [1.54, 1.807) is 0 Å². The van der Waals surface area contributed by atoms with Gasteiger partial charge in [0.25, 0.3) is 0 Å². The van der Waals surface area contributed by atoms with Gasteiger partial charge in [-0.15, -0.1) is 0 Å². The fourth-order valence-electron chi connectivity index (χ4n) is 1.91. The Labute approximate surface area is 76.4 Å². The highest BCUT2D eigenvalue weighted by atomic mass is 16.5. The van der Waals surface area contributed by atoms with Crippen molar-refractivity contribution < 1.29 is 9.47 Å². The Bertz CT molecular complexity index is 362. The zero-order chi connectivity index (χ0) is 8.84. The maximum atomic E-state index is 5.87. The minimum Gasteiger partial charge on any atom is -0.493 e. The average molecular weight is 177 g/mol. The van der Waals surface area contributed by atoms with Crippen molar-refractivity contribution in [1.29, 1.82) is 0 Å². The van der Waals surface area contributed by atoms with Crippen LogP contribution in [-0.4, -0.2) is 13.2 Å². The molecule has 2 aliphatic rings. The zero-order valence-corrected chi connectivity index (χ0v) is 7.25. The summed E-state index contributed by atoms with van der Waals surface area (Å²) in [5, 5.41) is 0. The van der Waals surface area contributed by atoms with Gasteiger partial charge in [0.2, 0.25) is 0 Å². The second kappa shape index (κ2) is 2.39. The van der Waals surface area contributed by atoms with E-state index in [4.69, 9.17) is 15.2 Å². The molecule has 3 rings (SSSR count). The lowest BCUT2D eigenvalue weighted by Gasteiger charge is -2.03. The number of benzene rings is 1. The summed E-state index contributed by atoms with van der Waals surface area (Å²) >= 11 is 0. The van der Waals surface area contributed by atoms with E-state index in [-0.39, 0.29) is 6.04 Å². The third kappa shape index (κ3) is 0.937. The van der Waals surface area contributed by atoms with Gasteiger partial charge in [0.05, 0.1) is 12.6 Å². The summed E-state index contributed by atoms with van der Waals surface area (Å²) in [6, 6.07) is 4.13. The molecule has 2 aliphatic heterocycles. The Morgan fingerprint density at radius 3 is 3.08 bits per heavy atom. The molecular formula is C10H11NO2. The molecule has 0 bridgehead atoms. The molecule has 2 heterocycles. The molecule has 0 spiro atoms. The predicted molar refractivity (Wildman–Crippen MR) is 48.1 cm³/mol. The molecule has 13 heavy (non-hydrogen) atoms. The first-order chi connectivity index (χ1) is 6.34. The van der Waals surface area contributed by atoms with E-state index in [1.165, 1.54) is 5.56 Å². The molecule has 2 N–H and O–H groups in total. The molecule has 3 nitrogen and oxygen atoms in total. The van der Waals surface area contributed by atoms with Crippen molar-refractivity contribution in [2.45, 2.75) is 12.5 Å². The van der Waals surface area contributed by atoms with Crippen LogP contribution in [0.1, 0.15) is 17.2 Å². The van der Waals surface area contributed by atoms with Crippen molar-refractivity contribution in [1.82, 2.24) is 0 Å². The fourth-order valence-corrected chi connectivity index (χ4v) is 1.91. The Kier molecular flexibility index (Phi) is 1.32. The summed E-state index contributed by atoms with van der Waals surface area (Å²) in [5.74, 6) is 1.86. The van der Waals surface area contributed by atoms with Crippen molar-refractivity contribution in [3.8, 4) is 11.5 Å². The van der Waals surface area contributed by atoms with Crippen LogP contribution in [0.5, 0.6) is 11.5 Å². The Morgan fingerprint density at radius 2 is 2.15 bits per heavy atom. The van der Waals surface area contributed by atoms with Crippen LogP contribution in [0.2, 0.25) is 0 Å². The molecule has 1 aromatic carbocycles. The largest absolute Gasteiger partial charge is 0.493 e. The van der Waals surface area contributed by atoms with Crippen LogP contribution in [0.15, 0.2) is 12.1 Å². The van der Waals surface area contributed by atoms with Crippen LogP contribution in [0, 0.1) is 0 Å². The number of ether oxygens (including phenoxy) is 2. The van der Waals surface area contributed by atoms with E-state index in [9.17, 15) is 0 Å². The van der Waals surface area contributed by atoms with Crippen molar-refractivity contribution in [3.05, 3.63) is 23.3 Å². The lowest BCUT2D eigenvalue weighted by Crippen LogP contribution is -2.10. The number of nitrogens with two attached hydrogens (primary N) is 1. The Hall–Kier alpha value is -1.22. The molecule has 0 amide bonds. The smallest absolute Gasteiger partial charge is 0.128 e. The van der Waals surface area contributed by atoms with Crippen LogP contribution < -0.4 is 15.2 Å². The summed E-state index contributed by atoms with van der Waals surface area (Å²) in [6.45, 7) is 1.38. The molecule has 1 atom stereocenters. The predicted octanol–water partition coefficient (Wildman–Crippen LogP) is 1.01. The summed E-state index contributed by atoms with van der Waals surface area (Å²) < 4.78 is 10.9. The van der Waals surface area contributed by atoms with Crippen molar-refractivity contribution in [2.24, 2.45) is 5.73 Å². The van der Waals surface area contributed by atoms with Gasteiger partial charge in [0, 0.05) is 18.1 Å². The normalized spacial score (nSPS) is 23.3. The molecule has 0 fully saturated rings. The topological polar surface area (TPSA) is 44.5 Å². The molecule has 0 radical (unpaired) electrons. The maximum Gasteiger partial charge on any atom is 0.128 e. The highest BCUT2D eigenvalue weighted by molar-refractivity contribution is 5.51. The van der Waals surface area contributed by atoms with Gasteiger partial charge in [-0.05, 0) is 11.6 Å². The summed E-state index contributed by atoms with van der Waals surface area (Å²) in [7, 11) is 0. The second-order valence-corrected chi connectivity index (χ2v) is 3.51. The third-order valence-electron chi connectivity index (χ3n) is 2.64. The molecule has 1 aromatic rings. The van der Waals surface area contributed by atoms with Crippen molar-refractivity contribution in [3.63, 3.8) is 0 Å². The van der Waals surface area contributed by atoms with Gasteiger partial charge in [-0.25, -0.2) is 0 Å². The highest BCUT2D eigenvalue weighted by Crippen LogP contribution is 2.38. The van der Waals surface area contributed by atoms with Crippen LogP contribution in [0.4, 0.5) is 0 Å². The quantitative estimate of drug-likeness (QED) is 0.643. The van der Waals surface area contributed by atoms with Gasteiger partial charge in [-0.2, -0.15) is 0 Å². The monoisotopic (exact) mass is 177 g/mol. The number of hydrogen-bond acceptors (Lipinski definition) is 3. The molecule has 0 saturated carbocycles. The highest BCUT2D eigenvalue weighted by Gasteiger charge is 2.24. The minimum atomic E-state index is 0.0425. The molecular weight excluding hydrogens is 166 g/mol. The Morgan fingerprint density at radius 1 is 1.23 bits per heavy atom. The minimum absolute atomic E-state index is 0.0425. The first-order valence-corrected chi connectivity index (χ1v) is 4.52. The van der Waals surface area contributed by atoms with Crippen LogP contribution in [-0.2, 0) is 6.42 Å². The van der Waals surface area contributed by atoms with Gasteiger partial charge in [-0.1, -0.05) is 0 Å². The van der Waals surface area contributed by atoms with E-state index < -0.39 is 0 Å². The zero-order valence-electron chi connectivity index (χ0n) is 7.25. The first kappa shape index (κ1) is 7.21. The number of rotatable bonds is 0. The van der Waals surface area contributed by atoms with E-state index in [0.29, 0.717) is 6.61 Å². The Balaban J connectivity index is 2.16. The lowest BCUT2D eigenvalue weighted by atomic mass is 10.0. The second-order valence-electron chi connectivity index (χ2n) is 3.51. The van der Waals surface area contributed by atoms with E-state index in [2.05, 4.69) is 6.07 Å². The fraction of sp³-hybridized carbons (Fsp3) is 0.400. The molecule has 0 saturated heterocycles.